The molecule has 2 aromatic heterocycles. The Morgan fingerprint density at radius 1 is 1.50 bits per heavy atom. The summed E-state index contributed by atoms with van der Waals surface area (Å²) in [6.45, 7) is 1.84. The minimum Gasteiger partial charge on any atom is -0.383 e. The van der Waals surface area contributed by atoms with E-state index in [-0.39, 0.29) is 0 Å². The van der Waals surface area contributed by atoms with E-state index in [2.05, 4.69) is 21.8 Å². The van der Waals surface area contributed by atoms with Crippen LogP contribution in [0.1, 0.15) is 13.3 Å². The Morgan fingerprint density at radius 3 is 3.19 bits per heavy atom. The van der Waals surface area contributed by atoms with Crippen LogP contribution in [-0.2, 0) is 0 Å². The van der Waals surface area contributed by atoms with Gasteiger partial charge in [-0.15, -0.1) is 23.2 Å². The largest absolute Gasteiger partial charge is 0.383 e. The predicted octanol–water partition coefficient (Wildman–Crippen LogP) is 2.78. The molecule has 5 heteroatoms. The number of thioether (sulfide) groups is 1. The van der Waals surface area contributed by atoms with E-state index in [4.69, 9.17) is 5.73 Å². The van der Waals surface area contributed by atoms with Gasteiger partial charge in [-0.2, -0.15) is 0 Å². The zero-order valence-corrected chi connectivity index (χ0v) is 10.5. The third-order valence-electron chi connectivity index (χ3n) is 1.97. The summed E-state index contributed by atoms with van der Waals surface area (Å²) < 4.78 is 0. The van der Waals surface area contributed by atoms with Crippen molar-refractivity contribution in [2.45, 2.75) is 18.5 Å². The summed E-state index contributed by atoms with van der Waals surface area (Å²) in [5, 5.41) is 3.67. The second-order valence-corrected chi connectivity index (χ2v) is 5.01. The Bertz CT molecular complexity index is 551. The summed E-state index contributed by atoms with van der Waals surface area (Å²) in [5.74, 6) is 7.34. The number of nitrogens with zero attached hydrogens (tertiary/aromatic N) is 2. The summed E-state index contributed by atoms with van der Waals surface area (Å²) in [4.78, 5) is 9.65. The molecule has 0 atom stereocenters. The first-order valence-electron chi connectivity index (χ1n) is 4.84. The highest BCUT2D eigenvalue weighted by Gasteiger charge is 2.05. The molecule has 0 aliphatic heterocycles. The van der Waals surface area contributed by atoms with Crippen LogP contribution in [0, 0.1) is 11.8 Å². The van der Waals surface area contributed by atoms with Gasteiger partial charge in [0.05, 0.1) is 5.39 Å². The van der Waals surface area contributed by atoms with Gasteiger partial charge in [0.1, 0.15) is 10.6 Å². The van der Waals surface area contributed by atoms with Gasteiger partial charge < -0.3 is 5.73 Å². The normalized spacial score (nSPS) is 10.1. The van der Waals surface area contributed by atoms with E-state index in [1.807, 2.05) is 18.4 Å². The van der Waals surface area contributed by atoms with Crippen molar-refractivity contribution in [3.63, 3.8) is 0 Å². The highest BCUT2D eigenvalue weighted by atomic mass is 32.2. The molecule has 0 spiro atoms. The summed E-state index contributed by atoms with van der Waals surface area (Å²) in [7, 11) is 0. The molecule has 0 radical (unpaired) electrons. The maximum absolute atomic E-state index is 5.85. The van der Waals surface area contributed by atoms with Crippen LogP contribution in [0.3, 0.4) is 0 Å². The molecule has 0 aliphatic carbocycles. The minimum absolute atomic E-state index is 0.565. The molecule has 16 heavy (non-hydrogen) atoms. The van der Waals surface area contributed by atoms with Crippen LogP contribution < -0.4 is 5.73 Å². The van der Waals surface area contributed by atoms with E-state index < -0.39 is 0 Å². The molecule has 0 bridgehead atoms. The Hall–Kier alpha value is -1.25. The second-order valence-electron chi connectivity index (χ2n) is 3.06. The summed E-state index contributed by atoms with van der Waals surface area (Å²) in [6.07, 6.45) is 0.854. The lowest BCUT2D eigenvalue weighted by Crippen LogP contribution is -1.95. The average Bonchev–Trinajstić information content (AvgIpc) is 2.73. The molecular formula is C11H11N3S2. The van der Waals surface area contributed by atoms with E-state index in [1.54, 1.807) is 23.1 Å². The number of hydrogen-bond acceptors (Lipinski definition) is 5. The number of nitrogens with two attached hydrogens (primary N) is 1. The van der Waals surface area contributed by atoms with Crippen molar-refractivity contribution >= 4 is 39.1 Å². The van der Waals surface area contributed by atoms with Crippen molar-refractivity contribution in [2.24, 2.45) is 0 Å². The van der Waals surface area contributed by atoms with Crippen molar-refractivity contribution in [1.29, 1.82) is 0 Å². The van der Waals surface area contributed by atoms with E-state index in [9.17, 15) is 0 Å². The summed E-state index contributed by atoms with van der Waals surface area (Å²) in [6, 6.07) is 1.95. The van der Waals surface area contributed by atoms with Gasteiger partial charge in [0, 0.05) is 12.2 Å². The third-order valence-corrected chi connectivity index (χ3v) is 3.62. The van der Waals surface area contributed by atoms with Crippen molar-refractivity contribution in [2.75, 3.05) is 11.5 Å². The monoisotopic (exact) mass is 249 g/mol. The quantitative estimate of drug-likeness (QED) is 0.393. The smallest absolute Gasteiger partial charge is 0.190 e. The Morgan fingerprint density at radius 2 is 2.38 bits per heavy atom. The molecule has 0 aliphatic rings. The number of fused-ring (bicyclic) bond motifs is 1. The van der Waals surface area contributed by atoms with Crippen molar-refractivity contribution in [1.82, 2.24) is 9.97 Å². The Labute approximate surface area is 102 Å². The molecule has 82 valence electrons. The molecule has 0 unspecified atom stereocenters. The van der Waals surface area contributed by atoms with Crippen LogP contribution in [0.15, 0.2) is 16.6 Å². The number of hydrogen-bond donors (Lipinski definition) is 1. The summed E-state index contributed by atoms with van der Waals surface area (Å²) in [5.41, 5.74) is 5.85. The number of thiophene rings is 1. The van der Waals surface area contributed by atoms with Crippen molar-refractivity contribution < 1.29 is 0 Å². The standard InChI is InChI=1S/C11H11N3S2/c1-2-3-4-6-16-11-13-9(12)8-5-7-15-10(8)14-11/h5,7H,4,6H2,1H3,(H2,12,13,14). The highest BCUT2D eigenvalue weighted by molar-refractivity contribution is 7.99. The fourth-order valence-corrected chi connectivity index (χ4v) is 2.78. The van der Waals surface area contributed by atoms with Gasteiger partial charge in [-0.25, -0.2) is 9.97 Å². The van der Waals surface area contributed by atoms with Crippen LogP contribution in [0.5, 0.6) is 0 Å². The molecular weight excluding hydrogens is 238 g/mol. The van der Waals surface area contributed by atoms with Gasteiger partial charge in [0.25, 0.3) is 0 Å². The molecule has 2 rings (SSSR count). The van der Waals surface area contributed by atoms with Gasteiger partial charge >= 0.3 is 0 Å². The highest BCUT2D eigenvalue weighted by Crippen LogP contribution is 2.26. The molecule has 0 saturated carbocycles. The first-order chi connectivity index (χ1) is 7.81. The first-order valence-corrected chi connectivity index (χ1v) is 6.71. The summed E-state index contributed by atoms with van der Waals surface area (Å²) >= 11 is 3.18. The van der Waals surface area contributed by atoms with Gasteiger partial charge in [-0.3, -0.25) is 0 Å². The number of anilines is 1. The fraction of sp³-hybridized carbons (Fsp3) is 0.273. The zero-order chi connectivity index (χ0) is 11.4. The van der Waals surface area contributed by atoms with Crippen LogP contribution in [0.4, 0.5) is 5.82 Å². The second kappa shape index (κ2) is 5.19. The van der Waals surface area contributed by atoms with E-state index in [0.717, 1.165) is 27.5 Å². The molecule has 2 N–H and O–H groups in total. The van der Waals surface area contributed by atoms with Gasteiger partial charge in [-0.1, -0.05) is 11.8 Å². The molecule has 0 fully saturated rings. The molecule has 3 nitrogen and oxygen atoms in total. The Kier molecular flexibility index (Phi) is 3.65. The molecule has 0 amide bonds. The van der Waals surface area contributed by atoms with E-state index >= 15 is 0 Å². The lowest BCUT2D eigenvalue weighted by atomic mass is 10.4. The SMILES string of the molecule is CC#CCCSc1nc(N)c2ccsc2n1. The van der Waals surface area contributed by atoms with Crippen LogP contribution in [0.25, 0.3) is 10.2 Å². The first kappa shape index (κ1) is 11.2. The maximum atomic E-state index is 5.85. The van der Waals surface area contributed by atoms with Crippen molar-refractivity contribution in [3.8, 4) is 11.8 Å². The van der Waals surface area contributed by atoms with Gasteiger partial charge in [0.2, 0.25) is 0 Å². The maximum Gasteiger partial charge on any atom is 0.190 e. The lowest BCUT2D eigenvalue weighted by molar-refractivity contribution is 1.02. The number of nitrogen functional groups attached to an aromatic ring is 1. The lowest BCUT2D eigenvalue weighted by Gasteiger charge is -2.00. The van der Waals surface area contributed by atoms with Crippen molar-refractivity contribution in [3.05, 3.63) is 11.4 Å². The van der Waals surface area contributed by atoms with Gasteiger partial charge in [-0.05, 0) is 18.4 Å². The van der Waals surface area contributed by atoms with Crippen LogP contribution in [-0.4, -0.2) is 15.7 Å². The zero-order valence-electron chi connectivity index (χ0n) is 8.86. The molecule has 0 saturated heterocycles. The van der Waals surface area contributed by atoms with Crippen LogP contribution in [0.2, 0.25) is 0 Å². The average molecular weight is 249 g/mol. The predicted molar refractivity (Wildman–Crippen MR) is 70.6 cm³/mol. The third kappa shape index (κ3) is 2.46. The molecule has 2 heterocycles. The molecule has 2 aromatic rings. The Balaban J connectivity index is 2.14. The minimum atomic E-state index is 0.565. The fourth-order valence-electron chi connectivity index (χ4n) is 1.24. The van der Waals surface area contributed by atoms with E-state index in [0.29, 0.717) is 5.82 Å². The van der Waals surface area contributed by atoms with E-state index in [1.165, 1.54) is 0 Å². The molecule has 0 aromatic carbocycles. The number of rotatable bonds is 3. The van der Waals surface area contributed by atoms with Crippen LogP contribution >= 0.6 is 23.1 Å². The van der Waals surface area contributed by atoms with Gasteiger partial charge in [0.15, 0.2) is 5.16 Å². The number of aromatic nitrogens is 2. The topological polar surface area (TPSA) is 51.8 Å².